The largest absolute Gasteiger partial charge is 0.399 e. The maximum Gasteiger partial charge on any atom is 0.161 e. The van der Waals surface area contributed by atoms with Crippen molar-refractivity contribution >= 4 is 33.9 Å². The van der Waals surface area contributed by atoms with Gasteiger partial charge in [0.1, 0.15) is 11.6 Å². The Labute approximate surface area is 193 Å². The van der Waals surface area contributed by atoms with Crippen LogP contribution in [0.25, 0.3) is 11.4 Å². The second-order valence-electron chi connectivity index (χ2n) is 8.00. The molecule has 2 aromatic carbocycles. The monoisotopic (exact) mass is 472 g/mol. The molecule has 0 amide bonds. The minimum absolute atomic E-state index is 0.0362. The van der Waals surface area contributed by atoms with Crippen molar-refractivity contribution in [3.8, 4) is 11.4 Å². The van der Waals surface area contributed by atoms with Crippen molar-refractivity contribution < 1.29 is 13.3 Å². The lowest BCUT2D eigenvalue weighted by Gasteiger charge is -2.29. The molecule has 3 aromatic rings. The third-order valence-corrected chi connectivity index (χ3v) is 8.15. The molecule has 1 atom stereocenters. The summed E-state index contributed by atoms with van der Waals surface area (Å²) >= 11 is 5.96. The predicted octanol–water partition coefficient (Wildman–Crippen LogP) is 4.15. The lowest BCUT2D eigenvalue weighted by Crippen LogP contribution is -2.37. The molecule has 1 saturated carbocycles. The Morgan fingerprint density at radius 2 is 1.78 bits per heavy atom. The highest BCUT2D eigenvalue weighted by Gasteiger charge is 2.52. The van der Waals surface area contributed by atoms with Gasteiger partial charge < -0.3 is 15.4 Å². The van der Waals surface area contributed by atoms with Crippen molar-refractivity contribution in [3.63, 3.8) is 0 Å². The predicted molar refractivity (Wildman–Crippen MR) is 124 cm³/mol. The Kier molecular flexibility index (Phi) is 5.61. The number of ether oxygens (including phenoxy) is 1. The minimum atomic E-state index is -1.44. The standard InChI is InChI=1S/C23H22ClFN4O2S/c24-18-13-17(5-6-19(18)25)32(30)23(7-8-23)20-14-21(29-9-11-31-12-10-29)28-22(27-20)15-1-3-16(26)4-2-15/h1-6,13-14H,7-12,26H2. The van der Waals surface area contributed by atoms with Gasteiger partial charge in [0.15, 0.2) is 5.82 Å². The highest BCUT2D eigenvalue weighted by atomic mass is 35.5. The number of nitrogens with two attached hydrogens (primary N) is 1. The molecule has 0 spiro atoms. The molecule has 0 radical (unpaired) electrons. The van der Waals surface area contributed by atoms with Gasteiger partial charge in [-0.2, -0.15) is 0 Å². The summed E-state index contributed by atoms with van der Waals surface area (Å²) in [5.41, 5.74) is 8.06. The summed E-state index contributed by atoms with van der Waals surface area (Å²) in [4.78, 5) is 12.3. The number of nitrogens with zero attached hydrogens (tertiary/aromatic N) is 3. The van der Waals surface area contributed by atoms with Crippen LogP contribution in [0, 0.1) is 5.82 Å². The average molecular weight is 473 g/mol. The Balaban J connectivity index is 1.58. The van der Waals surface area contributed by atoms with Crippen molar-refractivity contribution in [1.82, 2.24) is 9.97 Å². The average Bonchev–Trinajstić information content (AvgIpc) is 3.63. The van der Waals surface area contributed by atoms with E-state index in [1.165, 1.54) is 18.2 Å². The Hall–Kier alpha value is -2.55. The van der Waals surface area contributed by atoms with Gasteiger partial charge in [-0.3, -0.25) is 4.21 Å². The maximum absolute atomic E-state index is 13.6. The van der Waals surface area contributed by atoms with Crippen LogP contribution in [0.4, 0.5) is 15.9 Å². The van der Waals surface area contributed by atoms with E-state index in [9.17, 15) is 8.60 Å². The van der Waals surface area contributed by atoms with Crippen LogP contribution < -0.4 is 10.6 Å². The number of benzene rings is 2. The van der Waals surface area contributed by atoms with E-state index in [-0.39, 0.29) is 5.02 Å². The molecule has 1 aliphatic carbocycles. The molecule has 9 heteroatoms. The number of halogens is 2. The van der Waals surface area contributed by atoms with E-state index in [2.05, 4.69) is 4.90 Å². The molecule has 1 aromatic heterocycles. The van der Waals surface area contributed by atoms with Crippen LogP contribution in [0.1, 0.15) is 18.5 Å². The van der Waals surface area contributed by atoms with Crippen molar-refractivity contribution in [2.75, 3.05) is 36.9 Å². The fraction of sp³-hybridized carbons (Fsp3) is 0.304. The first-order chi connectivity index (χ1) is 15.5. The van der Waals surface area contributed by atoms with Gasteiger partial charge in [-0.1, -0.05) is 11.6 Å². The summed E-state index contributed by atoms with van der Waals surface area (Å²) in [6, 6.07) is 13.5. The molecule has 2 aliphatic rings. The fourth-order valence-electron chi connectivity index (χ4n) is 3.85. The summed E-state index contributed by atoms with van der Waals surface area (Å²) in [5, 5.41) is -0.0362. The molecule has 0 bridgehead atoms. The van der Waals surface area contributed by atoms with Crippen LogP contribution in [0.5, 0.6) is 0 Å². The van der Waals surface area contributed by atoms with Crippen LogP contribution in [-0.2, 0) is 20.3 Å². The number of rotatable bonds is 5. The first-order valence-electron chi connectivity index (χ1n) is 10.4. The quantitative estimate of drug-likeness (QED) is 0.562. The number of anilines is 2. The van der Waals surface area contributed by atoms with Gasteiger partial charge in [0.25, 0.3) is 0 Å². The maximum atomic E-state index is 13.6. The zero-order valence-electron chi connectivity index (χ0n) is 17.3. The number of morpholine rings is 1. The van der Waals surface area contributed by atoms with E-state index in [1.807, 2.05) is 30.3 Å². The molecule has 2 fully saturated rings. The summed E-state index contributed by atoms with van der Waals surface area (Å²) in [7, 11) is -1.44. The van der Waals surface area contributed by atoms with E-state index < -0.39 is 21.4 Å². The van der Waals surface area contributed by atoms with E-state index in [1.54, 1.807) is 0 Å². The Morgan fingerprint density at radius 1 is 1.06 bits per heavy atom. The smallest absolute Gasteiger partial charge is 0.161 e. The van der Waals surface area contributed by atoms with Crippen LogP contribution in [0.3, 0.4) is 0 Å². The van der Waals surface area contributed by atoms with Gasteiger partial charge in [-0.25, -0.2) is 14.4 Å². The summed E-state index contributed by atoms with van der Waals surface area (Å²) < 4.78 is 32.1. The van der Waals surface area contributed by atoms with E-state index >= 15 is 0 Å². The summed E-state index contributed by atoms with van der Waals surface area (Å²) in [5.74, 6) is 0.814. The van der Waals surface area contributed by atoms with Crippen LogP contribution in [0.2, 0.25) is 5.02 Å². The highest BCUT2D eigenvalue weighted by Crippen LogP contribution is 2.53. The topological polar surface area (TPSA) is 81.3 Å². The molecule has 2 heterocycles. The van der Waals surface area contributed by atoms with Crippen LogP contribution >= 0.6 is 11.6 Å². The molecule has 1 saturated heterocycles. The van der Waals surface area contributed by atoms with E-state index in [0.29, 0.717) is 29.6 Å². The number of aromatic nitrogens is 2. The fourth-order valence-corrected chi connectivity index (χ4v) is 5.73. The van der Waals surface area contributed by atoms with Crippen molar-refractivity contribution in [2.45, 2.75) is 22.5 Å². The normalized spacial score (nSPS) is 18.4. The van der Waals surface area contributed by atoms with Gasteiger partial charge in [0.05, 0.1) is 39.5 Å². The second-order valence-corrected chi connectivity index (χ2v) is 10.2. The van der Waals surface area contributed by atoms with Gasteiger partial charge in [-0.15, -0.1) is 0 Å². The van der Waals surface area contributed by atoms with Crippen molar-refractivity contribution in [1.29, 1.82) is 0 Å². The molecule has 32 heavy (non-hydrogen) atoms. The molecular weight excluding hydrogens is 451 g/mol. The van der Waals surface area contributed by atoms with Crippen LogP contribution in [0.15, 0.2) is 53.4 Å². The minimum Gasteiger partial charge on any atom is -0.399 e. The van der Waals surface area contributed by atoms with Gasteiger partial charge in [0.2, 0.25) is 0 Å². The number of hydrogen-bond donors (Lipinski definition) is 1. The molecule has 6 nitrogen and oxygen atoms in total. The van der Waals surface area contributed by atoms with E-state index in [0.717, 1.165) is 43.0 Å². The van der Waals surface area contributed by atoms with Gasteiger partial charge in [0, 0.05) is 35.3 Å². The molecule has 166 valence electrons. The third-order valence-electron chi connectivity index (χ3n) is 5.85. The van der Waals surface area contributed by atoms with Gasteiger partial charge >= 0.3 is 0 Å². The summed E-state index contributed by atoms with van der Waals surface area (Å²) in [6.07, 6.45) is 1.44. The zero-order valence-corrected chi connectivity index (χ0v) is 18.8. The SMILES string of the molecule is Nc1ccc(-c2nc(N3CCOCC3)cc(C3(S(=O)c4ccc(F)c(Cl)c4)CC3)n2)cc1. The first kappa shape index (κ1) is 21.3. The number of hydrogen-bond acceptors (Lipinski definition) is 6. The first-order valence-corrected chi connectivity index (χ1v) is 11.9. The lowest BCUT2D eigenvalue weighted by molar-refractivity contribution is 0.122. The lowest BCUT2D eigenvalue weighted by atomic mass is 10.1. The Morgan fingerprint density at radius 3 is 2.44 bits per heavy atom. The molecular formula is C23H22ClFN4O2S. The summed E-state index contributed by atoms with van der Waals surface area (Å²) in [6.45, 7) is 2.70. The number of nitrogen functional groups attached to an aromatic ring is 1. The third kappa shape index (κ3) is 3.98. The van der Waals surface area contributed by atoms with Crippen molar-refractivity contribution in [2.24, 2.45) is 0 Å². The van der Waals surface area contributed by atoms with Crippen LogP contribution in [-0.4, -0.2) is 40.5 Å². The Bertz CT molecular complexity index is 1180. The molecule has 2 N–H and O–H groups in total. The van der Waals surface area contributed by atoms with Crippen molar-refractivity contribution in [3.05, 3.63) is 65.1 Å². The molecule has 1 aliphatic heterocycles. The highest BCUT2D eigenvalue weighted by molar-refractivity contribution is 7.86. The zero-order chi connectivity index (χ0) is 22.3. The molecule has 1 unspecified atom stereocenters. The van der Waals surface area contributed by atoms with Gasteiger partial charge in [-0.05, 0) is 55.3 Å². The van der Waals surface area contributed by atoms with E-state index in [4.69, 9.17) is 32.0 Å². The second kappa shape index (κ2) is 8.42. The molecule has 5 rings (SSSR count).